The fraction of sp³-hybridized carbons (Fsp3) is 0.0833. The summed E-state index contributed by atoms with van der Waals surface area (Å²) in [4.78, 5) is 21.9. The van der Waals surface area contributed by atoms with Gasteiger partial charge >= 0.3 is 0 Å². The van der Waals surface area contributed by atoms with Crippen LogP contribution in [0.4, 0.5) is 11.5 Å². The summed E-state index contributed by atoms with van der Waals surface area (Å²) >= 11 is 0. The van der Waals surface area contributed by atoms with Crippen LogP contribution < -0.4 is 11.1 Å². The molecule has 1 aromatic heterocycles. The summed E-state index contributed by atoms with van der Waals surface area (Å²) in [6.45, 7) is 0.159. The van der Waals surface area contributed by atoms with Crippen LogP contribution in [0.1, 0.15) is 16.1 Å². The van der Waals surface area contributed by atoms with Gasteiger partial charge in [0.05, 0.1) is 4.92 Å². The van der Waals surface area contributed by atoms with Crippen LogP contribution in [0.5, 0.6) is 0 Å². The van der Waals surface area contributed by atoms with E-state index in [0.717, 1.165) is 0 Å². The number of rotatable bonds is 4. The van der Waals surface area contributed by atoms with Gasteiger partial charge in [0.15, 0.2) is 5.69 Å². The third kappa shape index (κ3) is 3.25. The van der Waals surface area contributed by atoms with Gasteiger partial charge in [-0.1, -0.05) is 12.1 Å². The number of nitrogen functional groups attached to an aromatic ring is 1. The van der Waals surface area contributed by atoms with E-state index < -0.39 is 10.8 Å². The van der Waals surface area contributed by atoms with Gasteiger partial charge in [-0.25, -0.2) is 0 Å². The molecular formula is C12H11N5O3. The molecule has 20 heavy (non-hydrogen) atoms. The minimum atomic E-state index is -0.489. The number of nitrogens with two attached hydrogens (primary N) is 1. The topological polar surface area (TPSA) is 124 Å². The van der Waals surface area contributed by atoms with E-state index in [4.69, 9.17) is 5.73 Å². The van der Waals surface area contributed by atoms with Crippen molar-refractivity contribution in [3.63, 3.8) is 0 Å². The summed E-state index contributed by atoms with van der Waals surface area (Å²) in [5, 5.41) is 20.4. The van der Waals surface area contributed by atoms with Gasteiger partial charge in [-0.15, -0.1) is 10.2 Å². The van der Waals surface area contributed by atoms with E-state index in [1.165, 1.54) is 24.3 Å². The summed E-state index contributed by atoms with van der Waals surface area (Å²) in [6, 6.07) is 8.94. The Morgan fingerprint density at radius 2 is 2.10 bits per heavy atom. The van der Waals surface area contributed by atoms with Crippen molar-refractivity contribution in [1.82, 2.24) is 15.5 Å². The van der Waals surface area contributed by atoms with E-state index in [1.54, 1.807) is 12.1 Å². The normalized spacial score (nSPS) is 10.0. The first-order valence-electron chi connectivity index (χ1n) is 5.67. The van der Waals surface area contributed by atoms with E-state index in [-0.39, 0.29) is 23.7 Å². The zero-order valence-electron chi connectivity index (χ0n) is 10.3. The zero-order chi connectivity index (χ0) is 14.5. The van der Waals surface area contributed by atoms with Crippen LogP contribution in [0.2, 0.25) is 0 Å². The third-order valence-electron chi connectivity index (χ3n) is 2.49. The fourth-order valence-corrected chi connectivity index (χ4v) is 1.52. The smallest absolute Gasteiger partial charge is 0.272 e. The number of amides is 1. The molecule has 0 radical (unpaired) electrons. The number of anilines is 1. The van der Waals surface area contributed by atoms with Crippen molar-refractivity contribution >= 4 is 17.4 Å². The monoisotopic (exact) mass is 273 g/mol. The predicted octanol–water partition coefficient (Wildman–Crippen LogP) is 0.897. The highest BCUT2D eigenvalue weighted by Crippen LogP contribution is 2.12. The molecule has 0 saturated carbocycles. The SMILES string of the molecule is Nc1ccc(C(=O)NCc2cccc([N+](=O)[O-])c2)nn1. The summed E-state index contributed by atoms with van der Waals surface area (Å²) in [5.41, 5.74) is 6.09. The lowest BCUT2D eigenvalue weighted by atomic mass is 10.2. The lowest BCUT2D eigenvalue weighted by Crippen LogP contribution is -2.24. The molecule has 0 aliphatic rings. The molecule has 8 heteroatoms. The summed E-state index contributed by atoms with van der Waals surface area (Å²) in [5.74, 6) is -0.204. The number of hydrogen-bond donors (Lipinski definition) is 2. The molecule has 1 amide bonds. The average Bonchev–Trinajstić information content (AvgIpc) is 2.46. The van der Waals surface area contributed by atoms with Gasteiger partial charge in [0.1, 0.15) is 5.82 Å². The lowest BCUT2D eigenvalue weighted by Gasteiger charge is -2.04. The van der Waals surface area contributed by atoms with Crippen LogP contribution in [0.25, 0.3) is 0 Å². The molecule has 1 heterocycles. The van der Waals surface area contributed by atoms with Crippen molar-refractivity contribution in [2.45, 2.75) is 6.54 Å². The molecule has 0 atom stereocenters. The Labute approximate surface area is 113 Å². The Balaban J connectivity index is 2.01. The van der Waals surface area contributed by atoms with E-state index in [1.807, 2.05) is 0 Å². The van der Waals surface area contributed by atoms with Crippen molar-refractivity contribution in [2.75, 3.05) is 5.73 Å². The van der Waals surface area contributed by atoms with E-state index in [0.29, 0.717) is 5.56 Å². The quantitative estimate of drug-likeness (QED) is 0.629. The first kappa shape index (κ1) is 13.4. The Hall–Kier alpha value is -3.03. The molecule has 0 bridgehead atoms. The standard InChI is InChI=1S/C12H11N5O3/c13-11-5-4-10(15-16-11)12(18)14-7-8-2-1-3-9(6-8)17(19)20/h1-6H,7H2,(H2,13,16)(H,14,18). The summed E-state index contributed by atoms with van der Waals surface area (Å²) in [6.07, 6.45) is 0. The fourth-order valence-electron chi connectivity index (χ4n) is 1.52. The minimum absolute atomic E-state index is 0.0241. The Morgan fingerprint density at radius 1 is 1.30 bits per heavy atom. The van der Waals surface area contributed by atoms with Crippen LogP contribution >= 0.6 is 0 Å². The first-order chi connectivity index (χ1) is 9.56. The van der Waals surface area contributed by atoms with E-state index in [9.17, 15) is 14.9 Å². The summed E-state index contributed by atoms with van der Waals surface area (Å²) in [7, 11) is 0. The Morgan fingerprint density at radius 3 is 2.75 bits per heavy atom. The Kier molecular flexibility index (Phi) is 3.85. The highest BCUT2D eigenvalue weighted by Gasteiger charge is 2.09. The van der Waals surface area contributed by atoms with Crippen molar-refractivity contribution in [2.24, 2.45) is 0 Å². The number of nitrogens with zero attached hydrogens (tertiary/aromatic N) is 3. The van der Waals surface area contributed by atoms with Crippen LogP contribution in [-0.4, -0.2) is 21.0 Å². The second kappa shape index (κ2) is 5.74. The maximum Gasteiger partial charge on any atom is 0.272 e. The molecule has 8 nitrogen and oxygen atoms in total. The van der Waals surface area contributed by atoms with Gasteiger partial charge in [0.25, 0.3) is 11.6 Å². The molecule has 3 N–H and O–H groups in total. The van der Waals surface area contributed by atoms with Gasteiger partial charge in [-0.2, -0.15) is 0 Å². The number of nitro groups is 1. The van der Waals surface area contributed by atoms with Crippen molar-refractivity contribution in [3.8, 4) is 0 Å². The third-order valence-corrected chi connectivity index (χ3v) is 2.49. The van der Waals surface area contributed by atoms with Gasteiger partial charge < -0.3 is 11.1 Å². The molecule has 0 unspecified atom stereocenters. The van der Waals surface area contributed by atoms with Crippen LogP contribution in [0.15, 0.2) is 36.4 Å². The predicted molar refractivity (Wildman–Crippen MR) is 70.7 cm³/mol. The van der Waals surface area contributed by atoms with Crippen LogP contribution in [-0.2, 0) is 6.54 Å². The van der Waals surface area contributed by atoms with Crippen LogP contribution in [0, 0.1) is 10.1 Å². The molecule has 0 fully saturated rings. The minimum Gasteiger partial charge on any atom is -0.382 e. The molecule has 2 rings (SSSR count). The van der Waals surface area contributed by atoms with E-state index in [2.05, 4.69) is 15.5 Å². The number of carbonyl (C=O) groups is 1. The summed E-state index contributed by atoms with van der Waals surface area (Å²) < 4.78 is 0. The number of nitro benzene ring substituents is 1. The molecule has 0 saturated heterocycles. The molecule has 0 aliphatic carbocycles. The number of aromatic nitrogens is 2. The molecule has 0 aliphatic heterocycles. The number of benzene rings is 1. The number of hydrogen-bond acceptors (Lipinski definition) is 6. The second-order valence-electron chi connectivity index (χ2n) is 3.95. The maximum atomic E-state index is 11.8. The zero-order valence-corrected chi connectivity index (χ0v) is 10.3. The molecule has 1 aromatic carbocycles. The average molecular weight is 273 g/mol. The lowest BCUT2D eigenvalue weighted by molar-refractivity contribution is -0.384. The molecular weight excluding hydrogens is 262 g/mol. The van der Waals surface area contributed by atoms with Gasteiger partial charge in [0.2, 0.25) is 0 Å². The van der Waals surface area contributed by atoms with Crippen molar-refractivity contribution in [3.05, 3.63) is 57.8 Å². The molecule has 2 aromatic rings. The van der Waals surface area contributed by atoms with E-state index >= 15 is 0 Å². The van der Waals surface area contributed by atoms with Gasteiger partial charge in [-0.3, -0.25) is 14.9 Å². The number of nitrogens with one attached hydrogen (secondary N) is 1. The highest BCUT2D eigenvalue weighted by molar-refractivity contribution is 5.92. The first-order valence-corrected chi connectivity index (χ1v) is 5.67. The maximum absolute atomic E-state index is 11.8. The Bertz CT molecular complexity index is 642. The van der Waals surface area contributed by atoms with Crippen molar-refractivity contribution < 1.29 is 9.72 Å². The van der Waals surface area contributed by atoms with Crippen molar-refractivity contribution in [1.29, 1.82) is 0 Å². The molecule has 102 valence electrons. The highest BCUT2D eigenvalue weighted by atomic mass is 16.6. The second-order valence-corrected chi connectivity index (χ2v) is 3.95. The van der Waals surface area contributed by atoms with Crippen LogP contribution in [0.3, 0.4) is 0 Å². The van der Waals surface area contributed by atoms with Gasteiger partial charge in [0, 0.05) is 18.7 Å². The number of non-ortho nitro benzene ring substituents is 1. The largest absolute Gasteiger partial charge is 0.382 e. The molecule has 0 spiro atoms. The van der Waals surface area contributed by atoms with Gasteiger partial charge in [-0.05, 0) is 17.7 Å². The number of carbonyl (C=O) groups excluding carboxylic acids is 1.